The lowest BCUT2D eigenvalue weighted by Crippen LogP contribution is -2.16. The van der Waals surface area contributed by atoms with Gasteiger partial charge in [0.15, 0.2) is 5.78 Å². The van der Waals surface area contributed by atoms with Crippen LogP contribution in [-0.4, -0.2) is 10.8 Å². The van der Waals surface area contributed by atoms with Crippen molar-refractivity contribution in [1.29, 1.82) is 0 Å². The zero-order chi connectivity index (χ0) is 10.8. The average Bonchev–Trinajstić information content (AvgIpc) is 2.75. The number of carbonyl (C=O) groups is 1. The molecule has 1 unspecified atom stereocenters. The molecule has 1 aliphatic carbocycles. The van der Waals surface area contributed by atoms with Gasteiger partial charge >= 0.3 is 0 Å². The summed E-state index contributed by atoms with van der Waals surface area (Å²) < 4.78 is 0. The van der Waals surface area contributed by atoms with E-state index in [0.29, 0.717) is 6.42 Å². The fourth-order valence-electron chi connectivity index (χ4n) is 1.62. The number of carbonyl (C=O) groups excluding carboxylic acids is 1. The standard InChI is InChI=1S/C11H14N2OS/c1-7-6-12-11(15-7)8(2)13-9-3-4-10(14)5-9/h5-6,8,13H,3-4H2,1-2H3. The highest BCUT2D eigenvalue weighted by atomic mass is 32.1. The highest BCUT2D eigenvalue weighted by Crippen LogP contribution is 2.22. The molecule has 1 atom stereocenters. The van der Waals surface area contributed by atoms with Gasteiger partial charge in [-0.2, -0.15) is 0 Å². The van der Waals surface area contributed by atoms with Crippen LogP contribution >= 0.6 is 11.3 Å². The maximum atomic E-state index is 11.0. The quantitative estimate of drug-likeness (QED) is 0.853. The van der Waals surface area contributed by atoms with Gasteiger partial charge in [-0.15, -0.1) is 11.3 Å². The van der Waals surface area contributed by atoms with Crippen molar-refractivity contribution < 1.29 is 4.79 Å². The third-order valence-corrected chi connectivity index (χ3v) is 3.48. The molecule has 1 aliphatic rings. The first-order valence-corrected chi connectivity index (χ1v) is 5.89. The molecule has 0 fully saturated rings. The second kappa shape index (κ2) is 4.14. The molecule has 80 valence electrons. The highest BCUT2D eigenvalue weighted by molar-refractivity contribution is 7.11. The summed E-state index contributed by atoms with van der Waals surface area (Å²) in [6, 6.07) is 0.195. The van der Waals surface area contributed by atoms with Gasteiger partial charge in [0, 0.05) is 29.3 Å². The SMILES string of the molecule is Cc1cnc(C(C)NC2=CC(=O)CC2)s1. The number of ketones is 1. The molecule has 1 aromatic rings. The van der Waals surface area contributed by atoms with Crippen molar-refractivity contribution in [2.75, 3.05) is 0 Å². The smallest absolute Gasteiger partial charge is 0.157 e. The van der Waals surface area contributed by atoms with Gasteiger partial charge in [0.1, 0.15) is 5.01 Å². The van der Waals surface area contributed by atoms with Crippen LogP contribution in [0.25, 0.3) is 0 Å². The molecule has 0 amide bonds. The topological polar surface area (TPSA) is 42.0 Å². The predicted octanol–water partition coefficient (Wildman–Crippen LogP) is 2.35. The van der Waals surface area contributed by atoms with Crippen LogP contribution in [0.1, 0.15) is 35.7 Å². The van der Waals surface area contributed by atoms with Crippen LogP contribution in [0.5, 0.6) is 0 Å². The lowest BCUT2D eigenvalue weighted by Gasteiger charge is -2.12. The second-order valence-electron chi connectivity index (χ2n) is 3.81. The van der Waals surface area contributed by atoms with Crippen molar-refractivity contribution in [3.63, 3.8) is 0 Å². The first-order valence-electron chi connectivity index (χ1n) is 5.07. The molecule has 0 saturated heterocycles. The largest absolute Gasteiger partial charge is 0.379 e. The van der Waals surface area contributed by atoms with Crippen LogP contribution in [0, 0.1) is 6.92 Å². The average molecular weight is 222 g/mol. The molecule has 0 aromatic carbocycles. The fourth-order valence-corrected chi connectivity index (χ4v) is 2.40. The number of allylic oxidation sites excluding steroid dienone is 2. The van der Waals surface area contributed by atoms with Gasteiger partial charge < -0.3 is 5.32 Å². The normalized spacial score (nSPS) is 17.7. The highest BCUT2D eigenvalue weighted by Gasteiger charge is 2.15. The Balaban J connectivity index is 2.01. The predicted molar refractivity (Wildman–Crippen MR) is 60.7 cm³/mol. The first-order chi connectivity index (χ1) is 7.15. The van der Waals surface area contributed by atoms with Gasteiger partial charge in [0.2, 0.25) is 0 Å². The Hall–Kier alpha value is -1.16. The van der Waals surface area contributed by atoms with Gasteiger partial charge in [-0.05, 0) is 20.3 Å². The summed E-state index contributed by atoms with van der Waals surface area (Å²) in [6.07, 6.45) is 5.07. The maximum absolute atomic E-state index is 11.0. The number of hydrogen-bond acceptors (Lipinski definition) is 4. The number of hydrogen-bond donors (Lipinski definition) is 1. The summed E-state index contributed by atoms with van der Waals surface area (Å²) in [7, 11) is 0. The van der Waals surface area contributed by atoms with E-state index in [4.69, 9.17) is 0 Å². The molecule has 0 aliphatic heterocycles. The molecule has 1 heterocycles. The van der Waals surface area contributed by atoms with E-state index in [1.165, 1.54) is 4.88 Å². The van der Waals surface area contributed by atoms with E-state index in [-0.39, 0.29) is 11.8 Å². The van der Waals surface area contributed by atoms with Crippen LogP contribution in [-0.2, 0) is 4.79 Å². The molecule has 1 aromatic heterocycles. The molecular weight excluding hydrogens is 208 g/mol. The van der Waals surface area contributed by atoms with Crippen molar-refractivity contribution in [3.8, 4) is 0 Å². The number of nitrogens with zero attached hydrogens (tertiary/aromatic N) is 1. The Morgan fingerprint density at radius 3 is 2.87 bits per heavy atom. The number of aryl methyl sites for hydroxylation is 1. The molecule has 0 radical (unpaired) electrons. The van der Waals surface area contributed by atoms with Crippen molar-refractivity contribution in [3.05, 3.63) is 27.9 Å². The molecule has 0 saturated carbocycles. The lowest BCUT2D eigenvalue weighted by molar-refractivity contribution is -0.114. The minimum atomic E-state index is 0.195. The minimum absolute atomic E-state index is 0.195. The Bertz CT molecular complexity index is 408. The zero-order valence-corrected chi connectivity index (χ0v) is 9.73. The molecule has 2 rings (SSSR count). The van der Waals surface area contributed by atoms with Gasteiger partial charge in [-0.3, -0.25) is 4.79 Å². The summed E-state index contributed by atoms with van der Waals surface area (Å²) in [6.45, 7) is 4.12. The minimum Gasteiger partial charge on any atom is -0.379 e. The van der Waals surface area contributed by atoms with E-state index in [9.17, 15) is 4.79 Å². The van der Waals surface area contributed by atoms with E-state index >= 15 is 0 Å². The molecule has 15 heavy (non-hydrogen) atoms. The van der Waals surface area contributed by atoms with Crippen LogP contribution in [0.3, 0.4) is 0 Å². The maximum Gasteiger partial charge on any atom is 0.157 e. The number of thiazole rings is 1. The number of aromatic nitrogens is 1. The molecular formula is C11H14N2OS. The van der Waals surface area contributed by atoms with E-state index in [0.717, 1.165) is 17.1 Å². The van der Waals surface area contributed by atoms with Crippen LogP contribution in [0.4, 0.5) is 0 Å². The number of rotatable bonds is 3. The lowest BCUT2D eigenvalue weighted by atomic mass is 10.3. The summed E-state index contributed by atoms with van der Waals surface area (Å²) in [5.74, 6) is 0.222. The van der Waals surface area contributed by atoms with Crippen molar-refractivity contribution >= 4 is 17.1 Å². The van der Waals surface area contributed by atoms with Gasteiger partial charge in [-0.1, -0.05) is 0 Å². The van der Waals surface area contributed by atoms with Crippen molar-refractivity contribution in [2.45, 2.75) is 32.7 Å². The van der Waals surface area contributed by atoms with Crippen molar-refractivity contribution in [2.24, 2.45) is 0 Å². The molecule has 4 heteroatoms. The van der Waals surface area contributed by atoms with Crippen LogP contribution in [0.2, 0.25) is 0 Å². The van der Waals surface area contributed by atoms with E-state index in [1.807, 2.05) is 13.1 Å². The Morgan fingerprint density at radius 2 is 2.33 bits per heavy atom. The van der Waals surface area contributed by atoms with Gasteiger partial charge in [0.25, 0.3) is 0 Å². The fraction of sp³-hybridized carbons (Fsp3) is 0.455. The molecule has 0 spiro atoms. The second-order valence-corrected chi connectivity index (χ2v) is 5.08. The van der Waals surface area contributed by atoms with Crippen LogP contribution in [0.15, 0.2) is 18.0 Å². The summed E-state index contributed by atoms with van der Waals surface area (Å²) >= 11 is 1.69. The monoisotopic (exact) mass is 222 g/mol. The van der Waals surface area contributed by atoms with Crippen molar-refractivity contribution in [1.82, 2.24) is 10.3 Å². The Kier molecular flexibility index (Phi) is 2.86. The third-order valence-electron chi connectivity index (χ3n) is 2.39. The zero-order valence-electron chi connectivity index (χ0n) is 8.91. The number of nitrogens with one attached hydrogen (secondary N) is 1. The Morgan fingerprint density at radius 1 is 1.53 bits per heavy atom. The third kappa shape index (κ3) is 2.45. The molecule has 1 N–H and O–H groups in total. The van der Waals surface area contributed by atoms with E-state index in [2.05, 4.69) is 17.2 Å². The molecule has 0 bridgehead atoms. The summed E-state index contributed by atoms with van der Waals surface area (Å²) in [5, 5.41) is 4.40. The van der Waals surface area contributed by atoms with E-state index in [1.54, 1.807) is 17.4 Å². The van der Waals surface area contributed by atoms with Gasteiger partial charge in [0.05, 0.1) is 6.04 Å². The Labute approximate surface area is 93.2 Å². The van der Waals surface area contributed by atoms with E-state index < -0.39 is 0 Å². The first kappa shape index (κ1) is 10.4. The van der Waals surface area contributed by atoms with Gasteiger partial charge in [-0.25, -0.2) is 4.98 Å². The molecule has 3 nitrogen and oxygen atoms in total. The summed E-state index contributed by atoms with van der Waals surface area (Å²) in [5.41, 5.74) is 1.04. The van der Waals surface area contributed by atoms with Crippen LogP contribution < -0.4 is 5.32 Å². The summed E-state index contributed by atoms with van der Waals surface area (Å²) in [4.78, 5) is 16.6.